The van der Waals surface area contributed by atoms with Crippen LogP contribution in [0.5, 0.6) is 0 Å². The minimum absolute atomic E-state index is 0.0178. The number of hydrogen-bond donors (Lipinski definition) is 6. The van der Waals surface area contributed by atoms with Gasteiger partial charge in [0.2, 0.25) is 27.7 Å². The van der Waals surface area contributed by atoms with Gasteiger partial charge >= 0.3 is 11.9 Å². The summed E-state index contributed by atoms with van der Waals surface area (Å²) in [6, 6.07) is 13.7. The maximum atomic E-state index is 13.3. The lowest BCUT2D eigenvalue weighted by Crippen LogP contribution is -2.58. The van der Waals surface area contributed by atoms with Crippen molar-refractivity contribution in [1.29, 1.82) is 0 Å². The Bertz CT molecular complexity index is 1480. The second-order valence-corrected chi connectivity index (χ2v) is 13.2. The number of rotatable bonds is 21. The highest BCUT2D eigenvalue weighted by Gasteiger charge is 2.32. The summed E-state index contributed by atoms with van der Waals surface area (Å²) in [6.07, 6.45) is -1.01. The van der Waals surface area contributed by atoms with Gasteiger partial charge in [-0.25, -0.2) is 13.1 Å². The number of amides is 3. The van der Waals surface area contributed by atoms with Crippen molar-refractivity contribution in [2.75, 3.05) is 12.3 Å². The number of carbonyl (C=O) groups excluding carboxylic acids is 4. The van der Waals surface area contributed by atoms with E-state index < -0.39 is 88.9 Å². The van der Waals surface area contributed by atoms with Crippen LogP contribution in [0.2, 0.25) is 0 Å². The molecule has 0 bridgehead atoms. The molecule has 0 saturated heterocycles. The lowest BCUT2D eigenvalue weighted by atomic mass is 10.0. The van der Waals surface area contributed by atoms with E-state index in [9.17, 15) is 42.3 Å². The normalized spacial score (nSPS) is 13.2. The van der Waals surface area contributed by atoms with Crippen LogP contribution in [0.1, 0.15) is 50.7 Å². The van der Waals surface area contributed by atoms with E-state index in [0.29, 0.717) is 6.42 Å². The molecule has 0 radical (unpaired) electrons. The van der Waals surface area contributed by atoms with E-state index in [2.05, 4.69) is 20.7 Å². The molecule has 0 aromatic heterocycles. The summed E-state index contributed by atoms with van der Waals surface area (Å²) >= 11 is 0. The third-order valence-corrected chi connectivity index (χ3v) is 8.41. The molecule has 256 valence electrons. The highest BCUT2D eigenvalue weighted by Crippen LogP contribution is 2.09. The van der Waals surface area contributed by atoms with Gasteiger partial charge in [0.05, 0.1) is 24.8 Å². The maximum absolute atomic E-state index is 13.3. The number of Topliss-reactive ketones (excluding diaryl/α,β-unsaturated/α-hetero) is 1. The van der Waals surface area contributed by atoms with Crippen LogP contribution in [0.4, 0.5) is 0 Å². The van der Waals surface area contributed by atoms with Crippen molar-refractivity contribution in [1.82, 2.24) is 20.7 Å². The van der Waals surface area contributed by atoms with Gasteiger partial charge in [-0.3, -0.25) is 28.8 Å². The SMILES string of the molecule is CC(C)C(NC(=O)C(CCC(=O)O)NC(=O)CCc1ccccc1)C(=O)NC(CC(=O)O)C(=O)CNS(=O)(=O)CCc1ccccc1. The number of aryl methyl sites for hydroxylation is 2. The Labute approximate surface area is 273 Å². The molecule has 6 N–H and O–H groups in total. The van der Waals surface area contributed by atoms with Crippen LogP contribution in [-0.2, 0) is 51.6 Å². The van der Waals surface area contributed by atoms with Gasteiger partial charge < -0.3 is 26.2 Å². The smallest absolute Gasteiger partial charge is 0.305 e. The largest absolute Gasteiger partial charge is 0.481 e. The van der Waals surface area contributed by atoms with Crippen LogP contribution < -0.4 is 20.7 Å². The average molecular weight is 675 g/mol. The Morgan fingerprint density at radius 2 is 1.28 bits per heavy atom. The number of benzene rings is 2. The molecule has 0 aliphatic rings. The van der Waals surface area contributed by atoms with Gasteiger partial charge in [0.1, 0.15) is 12.1 Å². The van der Waals surface area contributed by atoms with Crippen LogP contribution >= 0.6 is 0 Å². The molecule has 47 heavy (non-hydrogen) atoms. The second kappa shape index (κ2) is 19.1. The predicted molar refractivity (Wildman–Crippen MR) is 171 cm³/mol. The van der Waals surface area contributed by atoms with Gasteiger partial charge in [-0.05, 0) is 36.3 Å². The number of ketones is 1. The summed E-state index contributed by atoms with van der Waals surface area (Å²) in [7, 11) is -3.93. The molecule has 0 saturated carbocycles. The van der Waals surface area contributed by atoms with E-state index in [0.717, 1.165) is 11.1 Å². The lowest BCUT2D eigenvalue weighted by Gasteiger charge is -2.27. The van der Waals surface area contributed by atoms with E-state index in [1.54, 1.807) is 44.2 Å². The minimum atomic E-state index is -3.93. The standard InChI is InChI=1S/C32H42N4O10S/c1-21(2)30(36-31(43)24(14-16-28(39)40)34-27(38)15-13-22-9-5-3-6-10-22)32(44)35-25(19-29(41)42)26(37)20-33-47(45,46)18-17-23-11-7-4-8-12-23/h3-12,21,24-25,30,33H,13-20H2,1-2H3,(H,34,38)(H,35,44)(H,36,43)(H,39,40)(H,41,42). The Balaban J connectivity index is 2.07. The quantitative estimate of drug-likeness (QED) is 0.109. The molecule has 0 heterocycles. The number of nitrogens with one attached hydrogen (secondary N) is 4. The zero-order chi connectivity index (χ0) is 35.0. The van der Waals surface area contributed by atoms with Gasteiger partial charge in [-0.1, -0.05) is 74.5 Å². The number of carbonyl (C=O) groups is 6. The molecular weight excluding hydrogens is 632 g/mol. The molecule has 15 heteroatoms. The molecule has 2 aromatic rings. The van der Waals surface area contributed by atoms with E-state index >= 15 is 0 Å². The molecule has 0 aliphatic carbocycles. The molecule has 2 aromatic carbocycles. The number of aliphatic carboxylic acids is 2. The topological polar surface area (TPSA) is 225 Å². The summed E-state index contributed by atoms with van der Waals surface area (Å²) in [5.74, 6) is -6.75. The highest BCUT2D eigenvalue weighted by atomic mass is 32.2. The average Bonchev–Trinajstić information content (AvgIpc) is 3.02. The molecule has 0 spiro atoms. The van der Waals surface area contributed by atoms with Crippen LogP contribution in [0, 0.1) is 5.92 Å². The second-order valence-electron chi connectivity index (χ2n) is 11.3. The molecule has 3 amide bonds. The van der Waals surface area contributed by atoms with Crippen LogP contribution in [-0.4, -0.2) is 84.5 Å². The summed E-state index contributed by atoms with van der Waals surface area (Å²) in [4.78, 5) is 74.7. The zero-order valence-corrected chi connectivity index (χ0v) is 27.1. The molecule has 3 unspecified atom stereocenters. The van der Waals surface area contributed by atoms with E-state index in [1.807, 2.05) is 30.3 Å². The molecular formula is C32H42N4O10S. The predicted octanol–water partition coefficient (Wildman–Crippen LogP) is 0.800. The van der Waals surface area contributed by atoms with Gasteiger partial charge in [-0.2, -0.15) is 0 Å². The Morgan fingerprint density at radius 1 is 0.702 bits per heavy atom. The van der Waals surface area contributed by atoms with Gasteiger partial charge in [0, 0.05) is 12.8 Å². The first-order valence-corrected chi connectivity index (χ1v) is 16.7. The summed E-state index contributed by atoms with van der Waals surface area (Å²) in [5.41, 5.74) is 1.65. The van der Waals surface area contributed by atoms with Crippen LogP contribution in [0.25, 0.3) is 0 Å². The number of sulfonamides is 1. The fraction of sp³-hybridized carbons (Fsp3) is 0.438. The molecule has 14 nitrogen and oxygen atoms in total. The van der Waals surface area contributed by atoms with Crippen LogP contribution in [0.3, 0.4) is 0 Å². The third-order valence-electron chi connectivity index (χ3n) is 7.08. The first-order chi connectivity index (χ1) is 22.2. The van der Waals surface area contributed by atoms with E-state index in [4.69, 9.17) is 5.11 Å². The number of carboxylic acid groups (broad SMARTS) is 2. The zero-order valence-electron chi connectivity index (χ0n) is 26.3. The first-order valence-electron chi connectivity index (χ1n) is 15.1. The minimum Gasteiger partial charge on any atom is -0.481 e. The van der Waals surface area contributed by atoms with Crippen molar-refractivity contribution in [3.05, 3.63) is 71.8 Å². The molecule has 2 rings (SSSR count). The Kier molecular flexibility index (Phi) is 15.7. The molecule has 3 atom stereocenters. The highest BCUT2D eigenvalue weighted by molar-refractivity contribution is 7.89. The van der Waals surface area contributed by atoms with Crippen molar-refractivity contribution < 1.29 is 47.4 Å². The van der Waals surface area contributed by atoms with E-state index in [-0.39, 0.29) is 25.0 Å². The van der Waals surface area contributed by atoms with E-state index in [1.165, 1.54) is 0 Å². The fourth-order valence-electron chi connectivity index (χ4n) is 4.45. The van der Waals surface area contributed by atoms with Crippen molar-refractivity contribution in [2.45, 2.75) is 70.5 Å². The van der Waals surface area contributed by atoms with Crippen molar-refractivity contribution in [2.24, 2.45) is 5.92 Å². The van der Waals surface area contributed by atoms with Gasteiger partial charge in [0.25, 0.3) is 0 Å². The molecule has 0 aliphatic heterocycles. The summed E-state index contributed by atoms with van der Waals surface area (Å²) in [6.45, 7) is 2.37. The Hall–Kier alpha value is -4.63. The van der Waals surface area contributed by atoms with Crippen molar-refractivity contribution in [3.63, 3.8) is 0 Å². The lowest BCUT2D eigenvalue weighted by molar-refractivity contribution is -0.141. The monoisotopic (exact) mass is 674 g/mol. The summed E-state index contributed by atoms with van der Waals surface area (Å²) < 4.78 is 27.1. The fourth-order valence-corrected chi connectivity index (χ4v) is 5.46. The van der Waals surface area contributed by atoms with Gasteiger partial charge in [-0.15, -0.1) is 0 Å². The third kappa shape index (κ3) is 15.0. The molecule has 0 fully saturated rings. The number of carboxylic acids is 2. The summed E-state index contributed by atoms with van der Waals surface area (Å²) in [5, 5.41) is 25.8. The van der Waals surface area contributed by atoms with Crippen LogP contribution in [0.15, 0.2) is 60.7 Å². The van der Waals surface area contributed by atoms with Gasteiger partial charge in [0.15, 0.2) is 5.78 Å². The first kappa shape index (κ1) is 38.6. The van der Waals surface area contributed by atoms with Crippen molar-refractivity contribution in [3.8, 4) is 0 Å². The Morgan fingerprint density at radius 3 is 1.81 bits per heavy atom. The van der Waals surface area contributed by atoms with Crippen molar-refractivity contribution >= 4 is 45.5 Å². The number of hydrogen-bond acceptors (Lipinski definition) is 8. The maximum Gasteiger partial charge on any atom is 0.305 e.